The number of thioether (sulfide) groups is 1. The van der Waals surface area contributed by atoms with Crippen LogP contribution in [-0.4, -0.2) is 7.11 Å². The fourth-order valence-corrected chi connectivity index (χ4v) is 3.10. The Hall–Kier alpha value is -2.34. The van der Waals surface area contributed by atoms with Crippen LogP contribution in [0.3, 0.4) is 0 Å². The van der Waals surface area contributed by atoms with Gasteiger partial charge in [0.2, 0.25) is 0 Å². The second-order valence-electron chi connectivity index (χ2n) is 4.82. The second-order valence-corrected chi connectivity index (χ2v) is 5.87. The minimum absolute atomic E-state index is 0.428. The number of benzene rings is 2. The zero-order valence-corrected chi connectivity index (χ0v) is 13.0. The van der Waals surface area contributed by atoms with Crippen molar-refractivity contribution in [3.63, 3.8) is 0 Å². The van der Waals surface area contributed by atoms with Gasteiger partial charge >= 0.3 is 5.63 Å². The highest BCUT2D eigenvalue weighted by Gasteiger charge is 2.09. The van der Waals surface area contributed by atoms with E-state index in [0.29, 0.717) is 22.0 Å². The molecule has 3 aromatic rings. The highest BCUT2D eigenvalue weighted by molar-refractivity contribution is 7.98. The van der Waals surface area contributed by atoms with Crippen molar-refractivity contribution in [2.45, 2.75) is 10.6 Å². The smallest absolute Gasteiger partial charge is 0.336 e. The first-order valence-electron chi connectivity index (χ1n) is 6.75. The molecule has 0 atom stereocenters. The van der Waals surface area contributed by atoms with Crippen LogP contribution in [0.25, 0.3) is 11.0 Å². The SMILES string of the molecule is COc1ccc2c(CSc3ccc(F)c(F)c3)cc(=O)oc2c1. The molecular formula is C17H12F2O3S. The van der Waals surface area contributed by atoms with Crippen molar-refractivity contribution in [2.24, 2.45) is 0 Å². The molecule has 1 aromatic heterocycles. The summed E-state index contributed by atoms with van der Waals surface area (Å²) in [6, 6.07) is 10.3. The highest BCUT2D eigenvalue weighted by Crippen LogP contribution is 2.29. The monoisotopic (exact) mass is 334 g/mol. The number of ether oxygens (including phenoxy) is 1. The molecule has 3 rings (SSSR count). The molecule has 0 saturated heterocycles. The Morgan fingerprint density at radius 1 is 1.09 bits per heavy atom. The van der Waals surface area contributed by atoms with E-state index in [2.05, 4.69) is 0 Å². The lowest BCUT2D eigenvalue weighted by molar-refractivity contribution is 0.414. The van der Waals surface area contributed by atoms with E-state index in [1.165, 1.54) is 31.0 Å². The quantitative estimate of drug-likeness (QED) is 0.525. The minimum atomic E-state index is -0.892. The van der Waals surface area contributed by atoms with Gasteiger partial charge in [0.25, 0.3) is 0 Å². The molecule has 2 aromatic carbocycles. The molecule has 23 heavy (non-hydrogen) atoms. The summed E-state index contributed by atoms with van der Waals surface area (Å²) >= 11 is 1.31. The van der Waals surface area contributed by atoms with E-state index in [1.807, 2.05) is 0 Å². The number of rotatable bonds is 4. The molecule has 0 aliphatic carbocycles. The number of fused-ring (bicyclic) bond motifs is 1. The molecule has 0 aliphatic heterocycles. The summed E-state index contributed by atoms with van der Waals surface area (Å²) in [5, 5.41) is 0.778. The molecule has 0 spiro atoms. The van der Waals surface area contributed by atoms with Crippen LogP contribution in [0.15, 0.2) is 56.6 Å². The Kier molecular flexibility index (Phi) is 4.34. The lowest BCUT2D eigenvalue weighted by Gasteiger charge is -2.07. The van der Waals surface area contributed by atoms with Crippen LogP contribution in [0.2, 0.25) is 0 Å². The summed E-state index contributed by atoms with van der Waals surface area (Å²) in [5.74, 6) is -0.755. The molecule has 0 fully saturated rings. The predicted octanol–water partition coefficient (Wildman–Crippen LogP) is 4.37. The van der Waals surface area contributed by atoms with E-state index in [9.17, 15) is 13.6 Å². The summed E-state index contributed by atoms with van der Waals surface area (Å²) in [7, 11) is 1.53. The molecule has 0 bridgehead atoms. The summed E-state index contributed by atoms with van der Waals surface area (Å²) in [5.41, 5.74) is 0.720. The van der Waals surface area contributed by atoms with E-state index in [1.54, 1.807) is 18.2 Å². The van der Waals surface area contributed by atoms with Gasteiger partial charge in [0.05, 0.1) is 7.11 Å². The molecule has 0 saturated carbocycles. The molecule has 1 heterocycles. The van der Waals surface area contributed by atoms with Crippen LogP contribution in [0, 0.1) is 11.6 Å². The third kappa shape index (κ3) is 3.37. The van der Waals surface area contributed by atoms with Gasteiger partial charge in [-0.25, -0.2) is 13.6 Å². The van der Waals surface area contributed by atoms with Crippen molar-refractivity contribution in [2.75, 3.05) is 7.11 Å². The number of hydrogen-bond donors (Lipinski definition) is 0. The maximum atomic E-state index is 13.2. The van der Waals surface area contributed by atoms with E-state index < -0.39 is 17.3 Å². The van der Waals surface area contributed by atoms with E-state index in [0.717, 1.165) is 23.1 Å². The summed E-state index contributed by atoms with van der Waals surface area (Å²) in [6.45, 7) is 0. The Morgan fingerprint density at radius 2 is 1.91 bits per heavy atom. The Bertz CT molecular complexity index is 921. The Balaban J connectivity index is 1.93. The minimum Gasteiger partial charge on any atom is -0.497 e. The van der Waals surface area contributed by atoms with Crippen molar-refractivity contribution in [3.05, 3.63) is 70.1 Å². The first-order chi connectivity index (χ1) is 11.1. The van der Waals surface area contributed by atoms with Crippen LogP contribution in [-0.2, 0) is 5.75 Å². The molecule has 118 valence electrons. The second kappa shape index (κ2) is 6.42. The zero-order chi connectivity index (χ0) is 16.4. The lowest BCUT2D eigenvalue weighted by Crippen LogP contribution is -2.00. The molecule has 0 aliphatic rings. The van der Waals surface area contributed by atoms with Gasteiger partial charge in [-0.1, -0.05) is 0 Å². The van der Waals surface area contributed by atoms with Gasteiger partial charge in [-0.3, -0.25) is 0 Å². The van der Waals surface area contributed by atoms with Gasteiger partial charge in [-0.05, 0) is 35.9 Å². The number of halogens is 2. The number of methoxy groups -OCH3 is 1. The van der Waals surface area contributed by atoms with Gasteiger partial charge in [-0.2, -0.15) is 0 Å². The molecule has 6 heteroatoms. The average molecular weight is 334 g/mol. The van der Waals surface area contributed by atoms with Crippen molar-refractivity contribution >= 4 is 22.7 Å². The normalized spacial score (nSPS) is 10.9. The third-order valence-electron chi connectivity index (χ3n) is 3.32. The molecule has 0 N–H and O–H groups in total. The molecule has 0 radical (unpaired) electrons. The maximum absolute atomic E-state index is 13.2. The van der Waals surface area contributed by atoms with Crippen molar-refractivity contribution < 1.29 is 17.9 Å². The van der Waals surface area contributed by atoms with Crippen LogP contribution < -0.4 is 10.4 Å². The lowest BCUT2D eigenvalue weighted by atomic mass is 10.1. The molecule has 0 amide bonds. The van der Waals surface area contributed by atoms with Gasteiger partial charge in [-0.15, -0.1) is 11.8 Å². The standard InChI is InChI=1S/C17H12F2O3S/c1-21-11-2-4-13-10(6-17(20)22-16(13)7-11)9-23-12-3-5-14(18)15(19)8-12/h2-8H,9H2,1H3. The predicted molar refractivity (Wildman–Crippen MR) is 85.0 cm³/mol. The average Bonchev–Trinajstić information content (AvgIpc) is 2.54. The van der Waals surface area contributed by atoms with E-state index in [-0.39, 0.29) is 0 Å². The van der Waals surface area contributed by atoms with Gasteiger partial charge in [0.1, 0.15) is 11.3 Å². The van der Waals surface area contributed by atoms with Crippen LogP contribution in [0.1, 0.15) is 5.56 Å². The highest BCUT2D eigenvalue weighted by atomic mass is 32.2. The van der Waals surface area contributed by atoms with E-state index in [4.69, 9.17) is 9.15 Å². The topological polar surface area (TPSA) is 39.4 Å². The molecule has 0 unspecified atom stereocenters. The summed E-state index contributed by atoms with van der Waals surface area (Å²) < 4.78 is 36.5. The molecule has 3 nitrogen and oxygen atoms in total. The van der Waals surface area contributed by atoms with Crippen molar-refractivity contribution in [3.8, 4) is 5.75 Å². The van der Waals surface area contributed by atoms with Crippen LogP contribution >= 0.6 is 11.8 Å². The van der Waals surface area contributed by atoms with Gasteiger partial charge < -0.3 is 9.15 Å². The van der Waals surface area contributed by atoms with Gasteiger partial charge in [0.15, 0.2) is 11.6 Å². The van der Waals surface area contributed by atoms with E-state index >= 15 is 0 Å². The fraction of sp³-hybridized carbons (Fsp3) is 0.118. The summed E-state index contributed by atoms with van der Waals surface area (Å²) in [6.07, 6.45) is 0. The number of hydrogen-bond acceptors (Lipinski definition) is 4. The zero-order valence-electron chi connectivity index (χ0n) is 12.1. The van der Waals surface area contributed by atoms with Crippen molar-refractivity contribution in [1.29, 1.82) is 0 Å². The molecular weight excluding hydrogens is 322 g/mol. The Labute approximate surface area is 134 Å². The third-order valence-corrected chi connectivity index (χ3v) is 4.37. The largest absolute Gasteiger partial charge is 0.497 e. The van der Waals surface area contributed by atoms with Crippen LogP contribution in [0.4, 0.5) is 8.78 Å². The van der Waals surface area contributed by atoms with Crippen molar-refractivity contribution in [1.82, 2.24) is 0 Å². The fourth-order valence-electron chi connectivity index (χ4n) is 2.18. The first kappa shape index (κ1) is 15.6. The summed E-state index contributed by atoms with van der Waals surface area (Å²) in [4.78, 5) is 12.3. The van der Waals surface area contributed by atoms with Gasteiger partial charge in [0, 0.05) is 28.2 Å². The van der Waals surface area contributed by atoms with Crippen LogP contribution in [0.5, 0.6) is 5.75 Å². The maximum Gasteiger partial charge on any atom is 0.336 e. The Morgan fingerprint density at radius 3 is 2.65 bits per heavy atom. The first-order valence-corrected chi connectivity index (χ1v) is 7.74.